The normalized spacial score (nSPS) is 10.8. The maximum absolute atomic E-state index is 11.4. The largest absolute Gasteiger partial charge is 0.356 e. The Kier molecular flexibility index (Phi) is 6.58. The number of thiophene rings is 1. The van der Waals surface area contributed by atoms with E-state index in [2.05, 4.69) is 28.9 Å². The van der Waals surface area contributed by atoms with E-state index in [1.165, 1.54) is 4.88 Å². The van der Waals surface area contributed by atoms with Crippen LogP contribution in [0.4, 0.5) is 0 Å². The van der Waals surface area contributed by atoms with Crippen LogP contribution in [-0.2, 0) is 11.2 Å². The summed E-state index contributed by atoms with van der Waals surface area (Å²) in [5.74, 6) is 0.168. The molecular weight excluding hydrogens is 218 g/mol. The summed E-state index contributed by atoms with van der Waals surface area (Å²) in [4.78, 5) is 12.8. The van der Waals surface area contributed by atoms with Crippen molar-refractivity contribution >= 4 is 17.2 Å². The first-order valence-corrected chi connectivity index (χ1v) is 6.61. The zero-order valence-electron chi connectivity index (χ0n) is 9.74. The lowest BCUT2D eigenvalue weighted by molar-refractivity contribution is -0.121. The summed E-state index contributed by atoms with van der Waals surface area (Å²) < 4.78 is 0. The Bertz CT molecular complexity index is 317. The molecule has 1 rings (SSSR count). The van der Waals surface area contributed by atoms with Crippen molar-refractivity contribution in [1.29, 1.82) is 0 Å². The van der Waals surface area contributed by atoms with Gasteiger partial charge < -0.3 is 5.32 Å². The summed E-state index contributed by atoms with van der Waals surface area (Å²) in [6.07, 6.45) is 7.58. The molecule has 0 unspecified atom stereocenters. The second-order valence-corrected chi connectivity index (χ2v) is 4.67. The van der Waals surface area contributed by atoms with E-state index in [1.54, 1.807) is 11.3 Å². The van der Waals surface area contributed by atoms with Gasteiger partial charge in [-0.1, -0.05) is 18.2 Å². The molecule has 0 spiro atoms. The monoisotopic (exact) mass is 237 g/mol. The van der Waals surface area contributed by atoms with Gasteiger partial charge in [0, 0.05) is 17.8 Å². The Hall–Kier alpha value is -1.09. The molecule has 2 nitrogen and oxygen atoms in total. The standard InChI is InChI=1S/C13H19NOS/c1-2-3-4-10-14-13(15)9-5-7-12-8-6-11-16-12/h2-3,6,8,11H,4-5,7,9-10H2,1H3,(H,14,15)/b3-2+. The third kappa shape index (κ3) is 5.71. The summed E-state index contributed by atoms with van der Waals surface area (Å²) in [6.45, 7) is 2.74. The molecule has 0 aliphatic heterocycles. The van der Waals surface area contributed by atoms with E-state index in [0.717, 1.165) is 25.8 Å². The van der Waals surface area contributed by atoms with Crippen LogP contribution < -0.4 is 5.32 Å². The molecule has 0 bridgehead atoms. The number of amides is 1. The number of carbonyl (C=O) groups excluding carboxylic acids is 1. The molecule has 1 aromatic heterocycles. The molecule has 0 fully saturated rings. The molecule has 0 aromatic carbocycles. The Labute approximate surface area is 101 Å². The molecule has 0 radical (unpaired) electrons. The quantitative estimate of drug-likeness (QED) is 0.573. The van der Waals surface area contributed by atoms with E-state index in [4.69, 9.17) is 0 Å². The van der Waals surface area contributed by atoms with E-state index in [0.29, 0.717) is 6.42 Å². The van der Waals surface area contributed by atoms with E-state index < -0.39 is 0 Å². The molecule has 3 heteroatoms. The van der Waals surface area contributed by atoms with Gasteiger partial charge in [0.15, 0.2) is 0 Å². The van der Waals surface area contributed by atoms with Gasteiger partial charge >= 0.3 is 0 Å². The number of allylic oxidation sites excluding steroid dienone is 1. The summed E-state index contributed by atoms with van der Waals surface area (Å²) in [6, 6.07) is 4.17. The Morgan fingerprint density at radius 1 is 1.56 bits per heavy atom. The van der Waals surface area contributed by atoms with Gasteiger partial charge in [-0.25, -0.2) is 0 Å². The lowest BCUT2D eigenvalue weighted by Crippen LogP contribution is -2.23. The summed E-state index contributed by atoms with van der Waals surface area (Å²) >= 11 is 1.76. The first-order valence-electron chi connectivity index (χ1n) is 5.73. The van der Waals surface area contributed by atoms with Crippen LogP contribution in [0.1, 0.15) is 31.1 Å². The Morgan fingerprint density at radius 2 is 2.44 bits per heavy atom. The maximum Gasteiger partial charge on any atom is 0.220 e. The molecule has 0 atom stereocenters. The average molecular weight is 237 g/mol. The fourth-order valence-electron chi connectivity index (χ4n) is 1.43. The summed E-state index contributed by atoms with van der Waals surface area (Å²) in [5.41, 5.74) is 0. The minimum Gasteiger partial charge on any atom is -0.356 e. The number of hydrogen-bond donors (Lipinski definition) is 1. The summed E-state index contributed by atoms with van der Waals surface area (Å²) in [7, 11) is 0. The highest BCUT2D eigenvalue weighted by atomic mass is 32.1. The molecule has 1 amide bonds. The smallest absolute Gasteiger partial charge is 0.220 e. The molecule has 0 saturated carbocycles. The van der Waals surface area contributed by atoms with Crippen LogP contribution in [0, 0.1) is 0 Å². The van der Waals surface area contributed by atoms with Gasteiger partial charge in [0.2, 0.25) is 5.91 Å². The highest BCUT2D eigenvalue weighted by molar-refractivity contribution is 7.09. The van der Waals surface area contributed by atoms with Gasteiger partial charge in [-0.2, -0.15) is 0 Å². The third-order valence-electron chi connectivity index (χ3n) is 2.28. The molecule has 1 aromatic rings. The lowest BCUT2D eigenvalue weighted by Gasteiger charge is -2.02. The predicted molar refractivity (Wildman–Crippen MR) is 69.7 cm³/mol. The number of hydrogen-bond acceptors (Lipinski definition) is 2. The highest BCUT2D eigenvalue weighted by Crippen LogP contribution is 2.11. The van der Waals surface area contributed by atoms with Crippen LogP contribution in [0.5, 0.6) is 0 Å². The minimum absolute atomic E-state index is 0.168. The van der Waals surface area contributed by atoms with Crippen LogP contribution in [0.15, 0.2) is 29.7 Å². The van der Waals surface area contributed by atoms with Gasteiger partial charge in [0.05, 0.1) is 0 Å². The fourth-order valence-corrected chi connectivity index (χ4v) is 2.18. The molecule has 1 heterocycles. The van der Waals surface area contributed by atoms with Crippen molar-refractivity contribution < 1.29 is 4.79 Å². The Morgan fingerprint density at radius 3 is 3.12 bits per heavy atom. The lowest BCUT2D eigenvalue weighted by atomic mass is 10.2. The Balaban J connectivity index is 2.02. The van der Waals surface area contributed by atoms with Crippen molar-refractivity contribution in [2.45, 2.75) is 32.6 Å². The molecular formula is C13H19NOS. The van der Waals surface area contributed by atoms with Gasteiger partial charge in [-0.3, -0.25) is 4.79 Å². The molecule has 0 aliphatic carbocycles. The topological polar surface area (TPSA) is 29.1 Å². The van der Waals surface area contributed by atoms with Crippen LogP contribution in [0.2, 0.25) is 0 Å². The van der Waals surface area contributed by atoms with Crippen molar-refractivity contribution in [3.63, 3.8) is 0 Å². The van der Waals surface area contributed by atoms with Crippen LogP contribution in [0.3, 0.4) is 0 Å². The third-order valence-corrected chi connectivity index (χ3v) is 3.21. The SMILES string of the molecule is C/C=C/CCNC(=O)CCCc1cccs1. The molecule has 16 heavy (non-hydrogen) atoms. The van der Waals surface area contributed by atoms with Crippen LogP contribution in [-0.4, -0.2) is 12.5 Å². The van der Waals surface area contributed by atoms with Gasteiger partial charge in [-0.05, 0) is 37.6 Å². The van der Waals surface area contributed by atoms with Crippen molar-refractivity contribution in [3.8, 4) is 0 Å². The number of aryl methyl sites for hydroxylation is 1. The van der Waals surface area contributed by atoms with E-state index >= 15 is 0 Å². The zero-order valence-corrected chi connectivity index (χ0v) is 10.6. The predicted octanol–water partition coefficient (Wildman–Crippen LogP) is 3.15. The first kappa shape index (κ1) is 13.0. The fraction of sp³-hybridized carbons (Fsp3) is 0.462. The van der Waals surface area contributed by atoms with Gasteiger partial charge in [-0.15, -0.1) is 11.3 Å². The van der Waals surface area contributed by atoms with E-state index in [1.807, 2.05) is 13.0 Å². The molecule has 88 valence electrons. The maximum atomic E-state index is 11.4. The van der Waals surface area contributed by atoms with Crippen LogP contribution >= 0.6 is 11.3 Å². The second-order valence-electron chi connectivity index (χ2n) is 3.64. The number of carbonyl (C=O) groups is 1. The second kappa shape index (κ2) is 8.11. The minimum atomic E-state index is 0.168. The van der Waals surface area contributed by atoms with Gasteiger partial charge in [0.25, 0.3) is 0 Å². The van der Waals surface area contributed by atoms with Crippen molar-refractivity contribution in [2.75, 3.05) is 6.54 Å². The molecule has 0 aliphatic rings. The highest BCUT2D eigenvalue weighted by Gasteiger charge is 2.00. The van der Waals surface area contributed by atoms with Crippen molar-refractivity contribution in [2.24, 2.45) is 0 Å². The van der Waals surface area contributed by atoms with E-state index in [9.17, 15) is 4.79 Å². The molecule has 1 N–H and O–H groups in total. The summed E-state index contributed by atoms with van der Waals surface area (Å²) in [5, 5.41) is 4.99. The average Bonchev–Trinajstić information content (AvgIpc) is 2.77. The van der Waals surface area contributed by atoms with Crippen molar-refractivity contribution in [1.82, 2.24) is 5.32 Å². The van der Waals surface area contributed by atoms with E-state index in [-0.39, 0.29) is 5.91 Å². The van der Waals surface area contributed by atoms with Crippen LogP contribution in [0.25, 0.3) is 0 Å². The molecule has 0 saturated heterocycles. The number of nitrogens with one attached hydrogen (secondary N) is 1. The zero-order chi connectivity index (χ0) is 11.6. The van der Waals surface area contributed by atoms with Crippen molar-refractivity contribution in [3.05, 3.63) is 34.5 Å². The number of rotatable bonds is 7. The first-order chi connectivity index (χ1) is 7.83. The van der Waals surface area contributed by atoms with Gasteiger partial charge in [0.1, 0.15) is 0 Å².